The quantitative estimate of drug-likeness (QED) is 0.261. The van der Waals surface area contributed by atoms with Crippen molar-refractivity contribution >= 4 is 5.91 Å². The van der Waals surface area contributed by atoms with Crippen LogP contribution >= 0.6 is 0 Å². The lowest BCUT2D eigenvalue weighted by Crippen LogP contribution is -2.30. The maximum atomic E-state index is 12.7. The van der Waals surface area contributed by atoms with E-state index in [2.05, 4.69) is 69.8 Å². The van der Waals surface area contributed by atoms with Crippen LogP contribution in [0.1, 0.15) is 62.0 Å². The van der Waals surface area contributed by atoms with Crippen LogP contribution in [-0.4, -0.2) is 25.4 Å². The first-order chi connectivity index (χ1) is 17.0. The summed E-state index contributed by atoms with van der Waals surface area (Å²) < 4.78 is 2.12. The number of H-pyrrole nitrogens is 1. The third kappa shape index (κ3) is 6.27. The van der Waals surface area contributed by atoms with Crippen molar-refractivity contribution in [2.75, 3.05) is 0 Å². The molecule has 4 rings (SSSR count). The summed E-state index contributed by atoms with van der Waals surface area (Å²) in [6.45, 7) is 4.26. The molecular weight excluding hydrogens is 434 g/mol. The van der Waals surface area contributed by atoms with Crippen molar-refractivity contribution in [3.05, 3.63) is 96.2 Å². The molecule has 0 saturated carbocycles. The van der Waals surface area contributed by atoms with Gasteiger partial charge in [0.05, 0.1) is 6.20 Å². The molecule has 0 fully saturated rings. The summed E-state index contributed by atoms with van der Waals surface area (Å²) in [6.07, 6.45) is 9.96. The Morgan fingerprint density at radius 2 is 1.71 bits per heavy atom. The monoisotopic (exact) mass is 469 g/mol. The summed E-state index contributed by atoms with van der Waals surface area (Å²) in [5.41, 5.74) is 9.29. The van der Waals surface area contributed by atoms with Gasteiger partial charge in [-0.25, -0.2) is 9.97 Å². The highest BCUT2D eigenvalue weighted by Gasteiger charge is 2.29. The molecule has 35 heavy (non-hydrogen) atoms. The lowest BCUT2D eigenvalue weighted by Gasteiger charge is -2.25. The zero-order chi connectivity index (χ0) is 24.6. The average molecular weight is 470 g/mol. The maximum Gasteiger partial charge on any atom is 0.221 e. The second-order valence-electron chi connectivity index (χ2n) is 9.46. The highest BCUT2D eigenvalue weighted by molar-refractivity contribution is 5.77. The summed E-state index contributed by atoms with van der Waals surface area (Å²) in [7, 11) is 0. The van der Waals surface area contributed by atoms with E-state index in [9.17, 15) is 4.79 Å². The van der Waals surface area contributed by atoms with Crippen LogP contribution in [0.3, 0.4) is 0 Å². The summed E-state index contributed by atoms with van der Waals surface area (Å²) in [5, 5.41) is 0. The number of benzene rings is 2. The molecule has 6 heteroatoms. The number of carbonyl (C=O) groups is 1. The van der Waals surface area contributed by atoms with E-state index in [1.165, 1.54) is 5.56 Å². The maximum absolute atomic E-state index is 12.7. The fraction of sp³-hybridized carbons (Fsp3) is 0.345. The van der Waals surface area contributed by atoms with Gasteiger partial charge in [-0.1, -0.05) is 67.1 Å². The van der Waals surface area contributed by atoms with Crippen LogP contribution in [0.2, 0.25) is 0 Å². The van der Waals surface area contributed by atoms with Crippen molar-refractivity contribution < 1.29 is 4.79 Å². The molecular formula is C29H35N5O. The number of carbonyl (C=O) groups excluding carboxylic acids is 1. The fourth-order valence-electron chi connectivity index (χ4n) is 4.80. The molecule has 2 aromatic carbocycles. The molecule has 0 saturated heterocycles. The predicted octanol–water partition coefficient (Wildman–Crippen LogP) is 5.69. The molecule has 182 valence electrons. The molecule has 0 bridgehead atoms. The van der Waals surface area contributed by atoms with Crippen molar-refractivity contribution in [3.8, 4) is 11.5 Å². The number of primary amides is 1. The van der Waals surface area contributed by atoms with E-state index in [4.69, 9.17) is 5.73 Å². The van der Waals surface area contributed by atoms with Crippen molar-refractivity contribution in [2.24, 2.45) is 11.7 Å². The molecule has 1 amide bonds. The van der Waals surface area contributed by atoms with Gasteiger partial charge >= 0.3 is 0 Å². The number of nitrogens with zero attached hydrogens (tertiary/aromatic N) is 3. The Balaban J connectivity index is 1.51. The first kappa shape index (κ1) is 24.5. The van der Waals surface area contributed by atoms with Crippen LogP contribution in [0.5, 0.6) is 0 Å². The number of aromatic nitrogens is 4. The molecule has 3 N–H and O–H groups in total. The highest BCUT2D eigenvalue weighted by Crippen LogP contribution is 2.32. The van der Waals surface area contributed by atoms with E-state index in [0.29, 0.717) is 12.5 Å². The Hall–Kier alpha value is -3.67. The average Bonchev–Trinajstić information content (AvgIpc) is 3.54. The molecule has 2 unspecified atom stereocenters. The molecule has 0 aliphatic heterocycles. The summed E-state index contributed by atoms with van der Waals surface area (Å²) in [6, 6.07) is 21.0. The van der Waals surface area contributed by atoms with E-state index in [1.54, 1.807) is 6.20 Å². The molecule has 2 heterocycles. The smallest absolute Gasteiger partial charge is 0.221 e. The molecule has 0 aliphatic carbocycles. The minimum Gasteiger partial charge on any atom is -0.369 e. The summed E-state index contributed by atoms with van der Waals surface area (Å²) >= 11 is 0. The number of aromatic amines is 1. The third-order valence-electron chi connectivity index (χ3n) is 6.66. The largest absolute Gasteiger partial charge is 0.369 e. The van der Waals surface area contributed by atoms with Crippen LogP contribution in [0.4, 0.5) is 0 Å². The van der Waals surface area contributed by atoms with Gasteiger partial charge in [0, 0.05) is 36.7 Å². The number of hydrogen-bond donors (Lipinski definition) is 2. The Kier molecular flexibility index (Phi) is 8.14. The minimum absolute atomic E-state index is 0.0470. The lowest BCUT2D eigenvalue weighted by molar-refractivity contribution is -0.122. The first-order valence-corrected chi connectivity index (χ1v) is 12.5. The topological polar surface area (TPSA) is 89.6 Å². The number of imidazole rings is 2. The van der Waals surface area contributed by atoms with Gasteiger partial charge in [0.25, 0.3) is 0 Å². The van der Waals surface area contributed by atoms with Gasteiger partial charge in [0.1, 0.15) is 11.5 Å². The number of unbranched alkanes of at least 4 members (excludes halogenated alkanes) is 1. The van der Waals surface area contributed by atoms with Gasteiger partial charge in [-0.2, -0.15) is 0 Å². The van der Waals surface area contributed by atoms with E-state index >= 15 is 0 Å². The van der Waals surface area contributed by atoms with Gasteiger partial charge < -0.3 is 15.3 Å². The van der Waals surface area contributed by atoms with Crippen LogP contribution in [0.25, 0.3) is 11.5 Å². The Morgan fingerprint density at radius 3 is 2.40 bits per heavy atom. The van der Waals surface area contributed by atoms with Gasteiger partial charge in [0.2, 0.25) is 5.91 Å². The first-order valence-electron chi connectivity index (χ1n) is 12.5. The third-order valence-corrected chi connectivity index (χ3v) is 6.66. The number of amides is 1. The molecule has 6 nitrogen and oxygen atoms in total. The van der Waals surface area contributed by atoms with E-state index < -0.39 is 0 Å². The summed E-state index contributed by atoms with van der Waals surface area (Å²) in [5.74, 6) is 1.14. The van der Waals surface area contributed by atoms with Crippen molar-refractivity contribution in [3.63, 3.8) is 0 Å². The number of rotatable bonds is 12. The van der Waals surface area contributed by atoms with Crippen LogP contribution in [-0.2, 0) is 17.6 Å². The zero-order valence-electron chi connectivity index (χ0n) is 20.6. The predicted molar refractivity (Wildman–Crippen MR) is 140 cm³/mol. The van der Waals surface area contributed by atoms with E-state index in [0.717, 1.165) is 48.6 Å². The Morgan fingerprint density at radius 1 is 1.00 bits per heavy atom. The molecule has 0 radical (unpaired) electrons. The number of nitrogens with one attached hydrogen (secondary N) is 1. The van der Waals surface area contributed by atoms with Gasteiger partial charge in [0.15, 0.2) is 5.82 Å². The van der Waals surface area contributed by atoms with Gasteiger partial charge in [-0.05, 0) is 44.2 Å². The Bertz CT molecular complexity index is 1200. The molecule has 2 atom stereocenters. The van der Waals surface area contributed by atoms with Crippen LogP contribution in [0, 0.1) is 5.92 Å². The van der Waals surface area contributed by atoms with Crippen molar-refractivity contribution in [1.82, 2.24) is 19.5 Å². The van der Waals surface area contributed by atoms with Crippen LogP contribution < -0.4 is 5.73 Å². The molecule has 0 spiro atoms. The van der Waals surface area contributed by atoms with Crippen molar-refractivity contribution in [1.29, 1.82) is 0 Å². The molecule has 2 aromatic heterocycles. The zero-order valence-corrected chi connectivity index (χ0v) is 20.6. The second kappa shape index (κ2) is 11.6. The standard InChI is InChI=1S/C29H35N5O/c1-21(2)34-18-17-31-29(34)26-20-32-27(33-26)19-25(23-14-7-4-8-15-23)24(28(30)35)16-10-9-13-22-11-5-3-6-12-22/h3-8,11-12,14-15,17-18,20-21,24-25H,9-10,13,16,19H2,1-2H3,(H2,30,35)(H,32,33). The van der Waals surface area contributed by atoms with Crippen molar-refractivity contribution in [2.45, 2.75) is 57.9 Å². The number of nitrogens with two attached hydrogens (primary N) is 1. The normalized spacial score (nSPS) is 13.1. The highest BCUT2D eigenvalue weighted by atomic mass is 16.1. The minimum atomic E-state index is -0.264. The fourth-order valence-corrected chi connectivity index (χ4v) is 4.80. The number of aryl methyl sites for hydroxylation is 1. The second-order valence-corrected chi connectivity index (χ2v) is 9.46. The van der Waals surface area contributed by atoms with Gasteiger partial charge in [-0.15, -0.1) is 0 Å². The molecule has 0 aliphatic rings. The summed E-state index contributed by atoms with van der Waals surface area (Å²) in [4.78, 5) is 25.3. The molecule has 4 aromatic rings. The Labute approximate surface area is 207 Å². The van der Waals surface area contributed by atoms with E-state index in [1.807, 2.05) is 36.7 Å². The van der Waals surface area contributed by atoms with Crippen LogP contribution in [0.15, 0.2) is 79.3 Å². The SMILES string of the molecule is CC(C)n1ccnc1-c1cnc(CC(c2ccccc2)C(CCCCc2ccccc2)C(N)=O)[nH]1. The lowest BCUT2D eigenvalue weighted by atomic mass is 9.80. The van der Waals surface area contributed by atoms with Gasteiger partial charge in [-0.3, -0.25) is 4.79 Å². The van der Waals surface area contributed by atoms with E-state index in [-0.39, 0.29) is 17.7 Å². The number of hydrogen-bond acceptors (Lipinski definition) is 3.